The van der Waals surface area contributed by atoms with E-state index in [-0.39, 0.29) is 29.6 Å². The summed E-state index contributed by atoms with van der Waals surface area (Å²) in [5.74, 6) is -1.10. The van der Waals surface area contributed by atoms with Crippen LogP contribution in [0.3, 0.4) is 0 Å². The molecule has 2 fully saturated rings. The minimum absolute atomic E-state index is 0.0173. The van der Waals surface area contributed by atoms with Crippen molar-refractivity contribution in [2.75, 3.05) is 6.54 Å². The zero-order valence-corrected chi connectivity index (χ0v) is 10.9. The molecule has 1 atom stereocenters. The molecule has 0 spiro atoms. The summed E-state index contributed by atoms with van der Waals surface area (Å²) in [4.78, 5) is 13.6. The summed E-state index contributed by atoms with van der Waals surface area (Å²) in [5, 5.41) is 0. The van der Waals surface area contributed by atoms with Crippen LogP contribution in [0.4, 0.5) is 13.2 Å². The van der Waals surface area contributed by atoms with Gasteiger partial charge in [0.05, 0.1) is 5.92 Å². The first-order valence-corrected chi connectivity index (χ1v) is 6.79. The third-order valence-electron chi connectivity index (χ3n) is 3.71. The first kappa shape index (κ1) is 13.2. The zero-order valence-electron chi connectivity index (χ0n) is 9.34. The Morgan fingerprint density at radius 1 is 1.18 bits per heavy atom. The number of alkyl halides is 4. The highest BCUT2D eigenvalue weighted by atomic mass is 79.9. The number of nitrogens with zero attached hydrogens (tertiary/aromatic N) is 1. The molecule has 2 rings (SSSR count). The Balaban J connectivity index is 1.89. The van der Waals surface area contributed by atoms with E-state index in [0.29, 0.717) is 25.8 Å². The van der Waals surface area contributed by atoms with Crippen LogP contribution >= 0.6 is 15.9 Å². The molecule has 17 heavy (non-hydrogen) atoms. The predicted octanol–water partition coefficient (Wildman–Crippen LogP) is 3.10. The van der Waals surface area contributed by atoms with Crippen LogP contribution in [0.1, 0.15) is 32.1 Å². The number of amides is 1. The van der Waals surface area contributed by atoms with Crippen molar-refractivity contribution in [3.63, 3.8) is 0 Å². The van der Waals surface area contributed by atoms with Crippen LogP contribution in [0, 0.1) is 5.92 Å². The lowest BCUT2D eigenvalue weighted by molar-refractivity contribution is -0.184. The Morgan fingerprint density at radius 3 is 2.18 bits per heavy atom. The fourth-order valence-corrected chi connectivity index (χ4v) is 3.34. The lowest BCUT2D eigenvalue weighted by Gasteiger charge is -2.35. The van der Waals surface area contributed by atoms with Crippen LogP contribution in [0.5, 0.6) is 0 Å². The monoisotopic (exact) mass is 313 g/mol. The molecule has 0 radical (unpaired) electrons. The van der Waals surface area contributed by atoms with Crippen LogP contribution in [0.15, 0.2) is 0 Å². The van der Waals surface area contributed by atoms with Gasteiger partial charge >= 0.3 is 6.18 Å². The van der Waals surface area contributed by atoms with Crippen molar-refractivity contribution in [3.8, 4) is 0 Å². The van der Waals surface area contributed by atoms with Crippen LogP contribution in [-0.2, 0) is 4.79 Å². The molecule has 0 bridgehead atoms. The standard InChI is InChI=1S/C11H15BrF3NO/c12-8-5-10(17)16(6-8)9-3-1-7(2-4-9)11(13,14)15/h7-9H,1-6H2. The van der Waals surface area contributed by atoms with Crippen molar-refractivity contribution < 1.29 is 18.0 Å². The van der Waals surface area contributed by atoms with Gasteiger partial charge in [-0.3, -0.25) is 4.79 Å². The van der Waals surface area contributed by atoms with E-state index in [0.717, 1.165) is 0 Å². The van der Waals surface area contributed by atoms with Gasteiger partial charge in [-0.2, -0.15) is 13.2 Å². The van der Waals surface area contributed by atoms with Gasteiger partial charge in [-0.05, 0) is 25.7 Å². The second-order valence-corrected chi connectivity index (χ2v) is 6.19. The SMILES string of the molecule is O=C1CC(Br)CN1C1CCC(C(F)(F)F)CC1. The van der Waals surface area contributed by atoms with Gasteiger partial charge in [-0.25, -0.2) is 0 Å². The van der Waals surface area contributed by atoms with E-state index in [9.17, 15) is 18.0 Å². The van der Waals surface area contributed by atoms with Crippen molar-refractivity contribution in [1.29, 1.82) is 0 Å². The average molecular weight is 314 g/mol. The number of carbonyl (C=O) groups is 1. The van der Waals surface area contributed by atoms with Crippen molar-refractivity contribution in [2.45, 2.75) is 49.1 Å². The van der Waals surface area contributed by atoms with Gasteiger partial charge in [0.15, 0.2) is 0 Å². The van der Waals surface area contributed by atoms with Crippen LogP contribution in [0.25, 0.3) is 0 Å². The Hall–Kier alpha value is -0.260. The number of carbonyl (C=O) groups excluding carboxylic acids is 1. The molecule has 0 N–H and O–H groups in total. The summed E-state index contributed by atoms with van der Waals surface area (Å²) >= 11 is 3.39. The highest BCUT2D eigenvalue weighted by Gasteiger charge is 2.43. The second kappa shape index (κ2) is 4.78. The Labute approximate surface area is 107 Å². The van der Waals surface area contributed by atoms with Gasteiger partial charge in [0.1, 0.15) is 0 Å². The Bertz CT molecular complexity index is 300. The Kier molecular flexibility index (Phi) is 3.71. The van der Waals surface area contributed by atoms with Gasteiger partial charge < -0.3 is 4.90 Å². The van der Waals surface area contributed by atoms with Gasteiger partial charge in [0.25, 0.3) is 0 Å². The van der Waals surface area contributed by atoms with Gasteiger partial charge in [-0.1, -0.05) is 15.9 Å². The largest absolute Gasteiger partial charge is 0.391 e. The number of hydrogen-bond donors (Lipinski definition) is 0. The second-order valence-electron chi connectivity index (χ2n) is 4.89. The fraction of sp³-hybridized carbons (Fsp3) is 0.909. The topological polar surface area (TPSA) is 20.3 Å². The van der Waals surface area contributed by atoms with Crippen molar-refractivity contribution in [3.05, 3.63) is 0 Å². The summed E-state index contributed by atoms with van der Waals surface area (Å²) < 4.78 is 37.5. The van der Waals surface area contributed by atoms with Crippen molar-refractivity contribution >= 4 is 21.8 Å². The van der Waals surface area contributed by atoms with Gasteiger partial charge in [0, 0.05) is 23.8 Å². The normalized spacial score (nSPS) is 35.4. The maximum absolute atomic E-state index is 12.5. The van der Waals surface area contributed by atoms with E-state index >= 15 is 0 Å². The fourth-order valence-electron chi connectivity index (χ4n) is 2.75. The smallest absolute Gasteiger partial charge is 0.339 e. The summed E-state index contributed by atoms with van der Waals surface area (Å²) in [5.41, 5.74) is 0. The molecule has 1 aliphatic heterocycles. The molecule has 1 amide bonds. The van der Waals surface area contributed by atoms with Crippen molar-refractivity contribution in [1.82, 2.24) is 4.90 Å². The molecule has 1 saturated carbocycles. The predicted molar refractivity (Wildman–Crippen MR) is 60.8 cm³/mol. The molecule has 0 aromatic heterocycles. The van der Waals surface area contributed by atoms with E-state index < -0.39 is 12.1 Å². The summed E-state index contributed by atoms with van der Waals surface area (Å²) in [6, 6.07) is 0.0173. The van der Waals surface area contributed by atoms with E-state index in [4.69, 9.17) is 0 Å². The lowest BCUT2D eigenvalue weighted by atomic mass is 9.85. The summed E-state index contributed by atoms with van der Waals surface area (Å²) in [6.45, 7) is 0.639. The zero-order chi connectivity index (χ0) is 12.6. The van der Waals surface area contributed by atoms with E-state index in [1.54, 1.807) is 4.90 Å². The molecule has 0 aromatic rings. The average Bonchev–Trinajstić information content (AvgIpc) is 2.57. The quantitative estimate of drug-likeness (QED) is 0.681. The molecule has 2 aliphatic rings. The number of likely N-dealkylation sites (tertiary alicyclic amines) is 1. The molecule has 98 valence electrons. The minimum atomic E-state index is -4.07. The van der Waals surface area contributed by atoms with Crippen LogP contribution in [0.2, 0.25) is 0 Å². The summed E-state index contributed by atoms with van der Waals surface area (Å²) in [6.07, 6.45) is -2.32. The first-order chi connectivity index (χ1) is 7.88. The van der Waals surface area contributed by atoms with Crippen molar-refractivity contribution in [2.24, 2.45) is 5.92 Å². The molecule has 1 unspecified atom stereocenters. The Morgan fingerprint density at radius 2 is 1.76 bits per heavy atom. The van der Waals surface area contributed by atoms with E-state index in [1.807, 2.05) is 0 Å². The third-order valence-corrected chi connectivity index (χ3v) is 4.32. The number of rotatable bonds is 1. The highest BCUT2D eigenvalue weighted by molar-refractivity contribution is 9.09. The molecular formula is C11H15BrF3NO. The molecule has 1 aliphatic carbocycles. The van der Waals surface area contributed by atoms with Gasteiger partial charge in [0.2, 0.25) is 5.91 Å². The summed E-state index contributed by atoms with van der Waals surface area (Å²) in [7, 11) is 0. The van der Waals surface area contributed by atoms with E-state index in [2.05, 4.69) is 15.9 Å². The number of halogens is 4. The minimum Gasteiger partial charge on any atom is -0.339 e. The number of hydrogen-bond acceptors (Lipinski definition) is 1. The molecule has 2 nitrogen and oxygen atoms in total. The first-order valence-electron chi connectivity index (χ1n) is 5.88. The maximum atomic E-state index is 12.5. The maximum Gasteiger partial charge on any atom is 0.391 e. The molecule has 1 saturated heterocycles. The van der Waals surface area contributed by atoms with Gasteiger partial charge in [-0.15, -0.1) is 0 Å². The molecule has 6 heteroatoms. The molecule has 0 aromatic carbocycles. The molecule has 1 heterocycles. The molecular weight excluding hydrogens is 299 g/mol. The van der Waals surface area contributed by atoms with Crippen LogP contribution in [-0.4, -0.2) is 34.4 Å². The third kappa shape index (κ3) is 2.95. The highest BCUT2D eigenvalue weighted by Crippen LogP contribution is 2.39. The van der Waals surface area contributed by atoms with E-state index in [1.165, 1.54) is 0 Å². The lowest BCUT2D eigenvalue weighted by Crippen LogP contribution is -2.41. The van der Waals surface area contributed by atoms with Crippen LogP contribution < -0.4 is 0 Å².